The molecule has 2 aliphatic heterocycles. The number of fused-ring (bicyclic) bond motifs is 1. The molecule has 0 bridgehead atoms. The van der Waals surface area contributed by atoms with Crippen LogP contribution in [-0.4, -0.2) is 68.1 Å². The molecule has 3 aliphatic rings. The minimum Gasteiger partial charge on any atom is -0.496 e. The summed E-state index contributed by atoms with van der Waals surface area (Å²) < 4.78 is 5.39. The molecule has 5 nitrogen and oxygen atoms in total. The van der Waals surface area contributed by atoms with Gasteiger partial charge in [0, 0.05) is 51.0 Å². The van der Waals surface area contributed by atoms with Crippen molar-refractivity contribution in [2.24, 2.45) is 0 Å². The quantitative estimate of drug-likeness (QED) is 0.730. The first-order valence-corrected chi connectivity index (χ1v) is 12.3. The van der Waals surface area contributed by atoms with Crippen LogP contribution in [0.3, 0.4) is 0 Å². The van der Waals surface area contributed by atoms with Crippen LogP contribution in [0.2, 0.25) is 0 Å². The summed E-state index contributed by atoms with van der Waals surface area (Å²) in [6.45, 7) is 5.62. The van der Waals surface area contributed by atoms with Crippen molar-refractivity contribution in [3.05, 3.63) is 59.2 Å². The standard InChI is InChI=1S/C27H35N3O2/c1-32-26-9-5-4-8-25(26)27(31)30-18-16-29(17-19-30)24-11-10-21-12-14-28(15-13-22(21)20-24)23-6-2-3-7-23/h4-5,8-11,20,23H,2-3,6-7,12-19H2,1H3. The van der Waals surface area contributed by atoms with Gasteiger partial charge in [-0.1, -0.05) is 31.0 Å². The number of amides is 1. The van der Waals surface area contributed by atoms with Crippen molar-refractivity contribution < 1.29 is 9.53 Å². The SMILES string of the molecule is COc1ccccc1C(=O)N1CCN(c2ccc3c(c2)CCN(C2CCCC2)CC3)CC1. The monoisotopic (exact) mass is 433 g/mol. The Morgan fingerprint density at radius 1 is 0.875 bits per heavy atom. The molecular weight excluding hydrogens is 398 g/mol. The molecule has 0 unspecified atom stereocenters. The number of hydrogen-bond acceptors (Lipinski definition) is 4. The summed E-state index contributed by atoms with van der Waals surface area (Å²) in [7, 11) is 1.62. The van der Waals surface area contributed by atoms with E-state index in [1.54, 1.807) is 7.11 Å². The van der Waals surface area contributed by atoms with Crippen LogP contribution in [-0.2, 0) is 12.8 Å². The third kappa shape index (κ3) is 4.36. The highest BCUT2D eigenvalue weighted by Crippen LogP contribution is 2.29. The Kier molecular flexibility index (Phi) is 6.35. The number of ether oxygens (including phenoxy) is 1. The average molecular weight is 434 g/mol. The van der Waals surface area contributed by atoms with Crippen molar-refractivity contribution in [3.63, 3.8) is 0 Å². The van der Waals surface area contributed by atoms with E-state index in [-0.39, 0.29) is 5.91 Å². The number of methoxy groups -OCH3 is 1. The zero-order chi connectivity index (χ0) is 21.9. The topological polar surface area (TPSA) is 36.0 Å². The maximum atomic E-state index is 13.0. The fourth-order valence-corrected chi connectivity index (χ4v) is 5.72. The van der Waals surface area contributed by atoms with Gasteiger partial charge in [0.25, 0.3) is 5.91 Å². The van der Waals surface area contributed by atoms with E-state index in [2.05, 4.69) is 28.0 Å². The molecule has 2 fully saturated rings. The van der Waals surface area contributed by atoms with Gasteiger partial charge in [0.15, 0.2) is 0 Å². The molecule has 1 aliphatic carbocycles. The number of rotatable bonds is 4. The number of carbonyl (C=O) groups is 1. The van der Waals surface area contributed by atoms with Crippen LogP contribution in [0.25, 0.3) is 0 Å². The molecule has 0 radical (unpaired) electrons. The summed E-state index contributed by atoms with van der Waals surface area (Å²) in [4.78, 5) is 20.2. The fraction of sp³-hybridized carbons (Fsp3) is 0.519. The maximum Gasteiger partial charge on any atom is 0.257 e. The molecule has 32 heavy (non-hydrogen) atoms. The molecule has 2 aromatic carbocycles. The second-order valence-corrected chi connectivity index (χ2v) is 9.41. The minimum atomic E-state index is 0.0658. The van der Waals surface area contributed by atoms with Crippen molar-refractivity contribution >= 4 is 11.6 Å². The maximum absolute atomic E-state index is 13.0. The summed E-state index contributed by atoms with van der Waals surface area (Å²) in [5.41, 5.74) is 5.01. The van der Waals surface area contributed by atoms with Gasteiger partial charge in [-0.15, -0.1) is 0 Å². The van der Waals surface area contributed by atoms with Crippen molar-refractivity contribution in [2.45, 2.75) is 44.6 Å². The lowest BCUT2D eigenvalue weighted by Gasteiger charge is -2.36. The van der Waals surface area contributed by atoms with Gasteiger partial charge < -0.3 is 14.5 Å². The Morgan fingerprint density at radius 2 is 1.59 bits per heavy atom. The molecule has 1 saturated heterocycles. The fourth-order valence-electron chi connectivity index (χ4n) is 5.72. The molecule has 0 N–H and O–H groups in total. The number of nitrogens with zero attached hydrogens (tertiary/aromatic N) is 3. The van der Waals surface area contributed by atoms with Crippen LogP contribution in [0.15, 0.2) is 42.5 Å². The predicted octanol–water partition coefficient (Wildman–Crippen LogP) is 4.00. The Bertz CT molecular complexity index is 946. The zero-order valence-corrected chi connectivity index (χ0v) is 19.3. The molecule has 0 atom stereocenters. The molecule has 0 spiro atoms. The highest BCUT2D eigenvalue weighted by Gasteiger charge is 2.26. The Morgan fingerprint density at radius 3 is 2.34 bits per heavy atom. The van der Waals surface area contributed by atoms with E-state index in [9.17, 15) is 4.79 Å². The number of hydrogen-bond donors (Lipinski definition) is 0. The van der Waals surface area contributed by atoms with Gasteiger partial charge in [0.2, 0.25) is 0 Å². The highest BCUT2D eigenvalue weighted by molar-refractivity contribution is 5.97. The summed E-state index contributed by atoms with van der Waals surface area (Å²) in [6, 6.07) is 15.4. The van der Waals surface area contributed by atoms with E-state index in [1.165, 1.54) is 62.0 Å². The van der Waals surface area contributed by atoms with Gasteiger partial charge in [-0.25, -0.2) is 0 Å². The van der Waals surface area contributed by atoms with E-state index in [4.69, 9.17) is 4.74 Å². The molecule has 0 aromatic heterocycles. The van der Waals surface area contributed by atoms with Crippen molar-refractivity contribution in [1.29, 1.82) is 0 Å². The second kappa shape index (κ2) is 9.53. The van der Waals surface area contributed by atoms with Gasteiger partial charge in [0.1, 0.15) is 5.75 Å². The van der Waals surface area contributed by atoms with Crippen LogP contribution in [0.4, 0.5) is 5.69 Å². The van der Waals surface area contributed by atoms with Crippen molar-refractivity contribution in [2.75, 3.05) is 51.3 Å². The van der Waals surface area contributed by atoms with Crippen LogP contribution in [0.5, 0.6) is 5.75 Å². The largest absolute Gasteiger partial charge is 0.496 e. The Hall–Kier alpha value is -2.53. The van der Waals surface area contributed by atoms with Crippen molar-refractivity contribution in [1.82, 2.24) is 9.80 Å². The van der Waals surface area contributed by atoms with E-state index >= 15 is 0 Å². The van der Waals surface area contributed by atoms with Gasteiger partial charge in [-0.05, 0) is 61.1 Å². The number of piperazine rings is 1. The Labute approximate surface area is 191 Å². The van der Waals surface area contributed by atoms with E-state index in [0.29, 0.717) is 11.3 Å². The smallest absolute Gasteiger partial charge is 0.257 e. The molecule has 170 valence electrons. The highest BCUT2D eigenvalue weighted by atomic mass is 16.5. The molecular formula is C27H35N3O2. The first-order chi connectivity index (χ1) is 15.7. The second-order valence-electron chi connectivity index (χ2n) is 9.41. The summed E-state index contributed by atoms with van der Waals surface area (Å²) in [5.74, 6) is 0.716. The molecule has 1 amide bonds. The number of anilines is 1. The third-order valence-electron chi connectivity index (χ3n) is 7.64. The first-order valence-electron chi connectivity index (χ1n) is 12.3. The van der Waals surface area contributed by atoms with Gasteiger partial charge in [0.05, 0.1) is 12.7 Å². The third-order valence-corrected chi connectivity index (χ3v) is 7.64. The molecule has 1 saturated carbocycles. The molecule has 5 rings (SSSR count). The number of benzene rings is 2. The lowest BCUT2D eigenvalue weighted by Crippen LogP contribution is -2.48. The van der Waals surface area contributed by atoms with E-state index < -0.39 is 0 Å². The Balaban J connectivity index is 1.22. The molecule has 2 aromatic rings. The lowest BCUT2D eigenvalue weighted by atomic mass is 10.0. The molecule has 5 heteroatoms. The normalized spacial score (nSPS) is 20.2. The van der Waals surface area contributed by atoms with Crippen LogP contribution < -0.4 is 9.64 Å². The lowest BCUT2D eigenvalue weighted by molar-refractivity contribution is 0.0743. The molecule has 2 heterocycles. The zero-order valence-electron chi connectivity index (χ0n) is 19.3. The minimum absolute atomic E-state index is 0.0658. The van der Waals surface area contributed by atoms with Crippen LogP contribution in [0.1, 0.15) is 47.2 Å². The van der Waals surface area contributed by atoms with E-state index in [0.717, 1.165) is 38.6 Å². The number of carbonyl (C=O) groups excluding carboxylic acids is 1. The van der Waals surface area contributed by atoms with Crippen LogP contribution in [0, 0.1) is 0 Å². The van der Waals surface area contributed by atoms with Crippen molar-refractivity contribution in [3.8, 4) is 5.75 Å². The summed E-state index contributed by atoms with van der Waals surface area (Å²) in [5, 5.41) is 0. The van der Waals surface area contributed by atoms with E-state index in [1.807, 2.05) is 29.2 Å². The number of para-hydroxylation sites is 1. The van der Waals surface area contributed by atoms with Gasteiger partial charge in [-0.2, -0.15) is 0 Å². The average Bonchev–Trinajstić information content (AvgIpc) is 3.30. The summed E-state index contributed by atoms with van der Waals surface area (Å²) >= 11 is 0. The summed E-state index contributed by atoms with van der Waals surface area (Å²) in [6.07, 6.45) is 7.92. The first kappa shape index (κ1) is 21.3. The predicted molar refractivity (Wildman–Crippen MR) is 129 cm³/mol. The van der Waals surface area contributed by atoms with Gasteiger partial charge >= 0.3 is 0 Å². The van der Waals surface area contributed by atoms with Crippen LogP contribution >= 0.6 is 0 Å². The van der Waals surface area contributed by atoms with Gasteiger partial charge in [-0.3, -0.25) is 9.69 Å².